The van der Waals surface area contributed by atoms with Crippen LogP contribution in [0, 0.1) is 10.1 Å². The molecule has 6 heteroatoms. The normalized spacial score (nSPS) is 18.0. The molecule has 0 unspecified atom stereocenters. The smallest absolute Gasteiger partial charge is 0.269 e. The molecule has 1 aliphatic rings. The predicted octanol–water partition coefficient (Wildman–Crippen LogP) is 3.37. The van der Waals surface area contributed by atoms with E-state index in [9.17, 15) is 14.9 Å². The van der Waals surface area contributed by atoms with Gasteiger partial charge in [-0.1, -0.05) is 30.3 Å². The van der Waals surface area contributed by atoms with Crippen LogP contribution in [0.1, 0.15) is 10.9 Å². The SMILES string of the molecule is O=C1CS[C@@H](c2cccc([N+](=O)[O-])c2)N1c1ccccc1. The molecule has 0 N–H and O–H groups in total. The number of thioether (sulfide) groups is 1. The van der Waals surface area contributed by atoms with Crippen LogP contribution in [0.25, 0.3) is 0 Å². The van der Waals surface area contributed by atoms with E-state index in [1.54, 1.807) is 11.0 Å². The van der Waals surface area contributed by atoms with Gasteiger partial charge in [0.2, 0.25) is 5.91 Å². The minimum Gasteiger partial charge on any atom is -0.295 e. The Labute approximate surface area is 125 Å². The number of carbonyl (C=O) groups excluding carboxylic acids is 1. The van der Waals surface area contributed by atoms with E-state index < -0.39 is 4.92 Å². The quantitative estimate of drug-likeness (QED) is 0.644. The second kappa shape index (κ2) is 5.57. The van der Waals surface area contributed by atoms with Gasteiger partial charge in [-0.05, 0) is 17.7 Å². The Hall–Kier alpha value is -2.34. The zero-order valence-corrected chi connectivity index (χ0v) is 11.8. The molecule has 1 heterocycles. The first-order valence-corrected chi connectivity index (χ1v) is 7.45. The van der Waals surface area contributed by atoms with E-state index in [0.717, 1.165) is 11.3 Å². The highest BCUT2D eigenvalue weighted by atomic mass is 32.2. The molecule has 2 aromatic carbocycles. The van der Waals surface area contributed by atoms with Crippen LogP contribution >= 0.6 is 11.8 Å². The Kier molecular flexibility index (Phi) is 3.62. The van der Waals surface area contributed by atoms with Gasteiger partial charge in [0, 0.05) is 17.8 Å². The molecule has 1 saturated heterocycles. The summed E-state index contributed by atoms with van der Waals surface area (Å²) >= 11 is 1.48. The zero-order valence-electron chi connectivity index (χ0n) is 11.0. The van der Waals surface area contributed by atoms with Crippen LogP contribution in [0.5, 0.6) is 0 Å². The number of carbonyl (C=O) groups is 1. The maximum Gasteiger partial charge on any atom is 0.269 e. The summed E-state index contributed by atoms with van der Waals surface area (Å²) in [6, 6.07) is 15.8. The minimum atomic E-state index is -0.419. The molecule has 3 rings (SSSR count). The second-order valence-corrected chi connectivity index (χ2v) is 5.68. The fourth-order valence-electron chi connectivity index (χ4n) is 2.33. The molecular weight excluding hydrogens is 288 g/mol. The molecule has 2 aromatic rings. The number of hydrogen-bond donors (Lipinski definition) is 0. The fraction of sp³-hybridized carbons (Fsp3) is 0.133. The average Bonchev–Trinajstić information content (AvgIpc) is 2.90. The van der Waals surface area contributed by atoms with Crippen LogP contribution < -0.4 is 4.90 Å². The van der Waals surface area contributed by atoms with Gasteiger partial charge in [-0.25, -0.2) is 0 Å². The third-order valence-electron chi connectivity index (χ3n) is 3.27. The van der Waals surface area contributed by atoms with Gasteiger partial charge in [0.15, 0.2) is 0 Å². The Bertz CT molecular complexity index is 690. The van der Waals surface area contributed by atoms with E-state index in [1.807, 2.05) is 36.4 Å². The first kappa shape index (κ1) is 13.6. The predicted molar refractivity (Wildman–Crippen MR) is 82.2 cm³/mol. The first-order valence-electron chi connectivity index (χ1n) is 6.40. The molecule has 0 bridgehead atoms. The molecule has 5 nitrogen and oxygen atoms in total. The van der Waals surface area contributed by atoms with Crippen molar-refractivity contribution in [1.82, 2.24) is 0 Å². The van der Waals surface area contributed by atoms with Crippen LogP contribution in [0.15, 0.2) is 54.6 Å². The number of nitro groups is 1. The van der Waals surface area contributed by atoms with Crippen molar-refractivity contribution in [3.63, 3.8) is 0 Å². The van der Waals surface area contributed by atoms with Crippen molar-refractivity contribution in [1.29, 1.82) is 0 Å². The van der Waals surface area contributed by atoms with E-state index in [2.05, 4.69) is 0 Å². The summed E-state index contributed by atoms with van der Waals surface area (Å²) in [5, 5.41) is 10.7. The highest BCUT2D eigenvalue weighted by Gasteiger charge is 2.34. The summed E-state index contributed by atoms with van der Waals surface area (Å²) in [5.74, 6) is 0.394. The van der Waals surface area contributed by atoms with E-state index >= 15 is 0 Å². The summed E-state index contributed by atoms with van der Waals surface area (Å²) < 4.78 is 0. The number of anilines is 1. The van der Waals surface area contributed by atoms with E-state index in [1.165, 1.54) is 23.9 Å². The van der Waals surface area contributed by atoms with Crippen molar-refractivity contribution in [3.05, 3.63) is 70.3 Å². The van der Waals surface area contributed by atoms with Crippen molar-refractivity contribution in [2.24, 2.45) is 0 Å². The Morgan fingerprint density at radius 2 is 1.90 bits per heavy atom. The van der Waals surface area contributed by atoms with E-state index in [-0.39, 0.29) is 17.0 Å². The number of non-ortho nitro benzene ring substituents is 1. The fourth-order valence-corrected chi connectivity index (χ4v) is 3.50. The molecule has 1 aliphatic heterocycles. The van der Waals surface area contributed by atoms with Gasteiger partial charge in [0.05, 0.1) is 10.7 Å². The monoisotopic (exact) mass is 300 g/mol. The zero-order chi connectivity index (χ0) is 14.8. The number of nitrogens with zero attached hydrogens (tertiary/aromatic N) is 2. The minimum absolute atomic E-state index is 0.0164. The lowest BCUT2D eigenvalue weighted by molar-refractivity contribution is -0.384. The standard InChI is InChI=1S/C15H12N2O3S/c18-14-10-21-15(16(14)12-6-2-1-3-7-12)11-5-4-8-13(9-11)17(19)20/h1-9,15H,10H2/t15-/m0/s1. The first-order chi connectivity index (χ1) is 10.2. The lowest BCUT2D eigenvalue weighted by Crippen LogP contribution is -2.27. The Morgan fingerprint density at radius 1 is 1.14 bits per heavy atom. The van der Waals surface area contributed by atoms with Gasteiger partial charge in [-0.15, -0.1) is 11.8 Å². The van der Waals surface area contributed by atoms with Crippen molar-refractivity contribution >= 4 is 29.0 Å². The van der Waals surface area contributed by atoms with E-state index in [4.69, 9.17) is 0 Å². The molecule has 1 fully saturated rings. The number of amides is 1. The van der Waals surface area contributed by atoms with Crippen LogP contribution in [-0.4, -0.2) is 16.6 Å². The lowest BCUT2D eigenvalue weighted by Gasteiger charge is -2.24. The van der Waals surface area contributed by atoms with Gasteiger partial charge in [-0.2, -0.15) is 0 Å². The number of hydrogen-bond acceptors (Lipinski definition) is 4. The third kappa shape index (κ3) is 2.62. The molecule has 1 atom stereocenters. The topological polar surface area (TPSA) is 63.4 Å². The molecule has 0 saturated carbocycles. The van der Waals surface area contributed by atoms with Crippen molar-refractivity contribution in [2.45, 2.75) is 5.37 Å². The van der Waals surface area contributed by atoms with Crippen molar-refractivity contribution in [2.75, 3.05) is 10.7 Å². The van der Waals surface area contributed by atoms with Gasteiger partial charge in [0.1, 0.15) is 5.37 Å². The number of nitro benzene ring substituents is 1. The Balaban J connectivity index is 1.99. The highest BCUT2D eigenvalue weighted by Crippen LogP contribution is 2.42. The third-order valence-corrected chi connectivity index (χ3v) is 4.48. The van der Waals surface area contributed by atoms with E-state index in [0.29, 0.717) is 5.75 Å². The summed E-state index contributed by atoms with van der Waals surface area (Å²) in [4.78, 5) is 24.3. The molecule has 0 radical (unpaired) electrons. The summed E-state index contributed by atoms with van der Waals surface area (Å²) in [7, 11) is 0. The molecule has 106 valence electrons. The average molecular weight is 300 g/mol. The van der Waals surface area contributed by atoms with Crippen LogP contribution in [0.4, 0.5) is 11.4 Å². The van der Waals surface area contributed by atoms with Gasteiger partial charge in [0.25, 0.3) is 5.69 Å². The van der Waals surface area contributed by atoms with Gasteiger partial charge < -0.3 is 0 Å². The van der Waals surface area contributed by atoms with Gasteiger partial charge in [-0.3, -0.25) is 19.8 Å². The van der Waals surface area contributed by atoms with Gasteiger partial charge >= 0.3 is 0 Å². The van der Waals surface area contributed by atoms with Crippen molar-refractivity contribution < 1.29 is 9.72 Å². The maximum absolute atomic E-state index is 12.1. The molecule has 0 aromatic heterocycles. The Morgan fingerprint density at radius 3 is 2.62 bits per heavy atom. The van der Waals surface area contributed by atoms with Crippen LogP contribution in [0.2, 0.25) is 0 Å². The molecular formula is C15H12N2O3S. The molecule has 0 spiro atoms. The summed E-state index contributed by atoms with van der Waals surface area (Å²) in [5.41, 5.74) is 1.62. The molecule has 0 aliphatic carbocycles. The summed E-state index contributed by atoms with van der Waals surface area (Å²) in [6.45, 7) is 0. The van der Waals surface area contributed by atoms with Crippen LogP contribution in [-0.2, 0) is 4.79 Å². The highest BCUT2D eigenvalue weighted by molar-refractivity contribution is 8.00. The summed E-state index contributed by atoms with van der Waals surface area (Å²) in [6.07, 6.45) is 0. The number of benzene rings is 2. The maximum atomic E-state index is 12.1. The van der Waals surface area contributed by atoms with Crippen LogP contribution in [0.3, 0.4) is 0 Å². The molecule has 1 amide bonds. The lowest BCUT2D eigenvalue weighted by atomic mass is 10.1. The second-order valence-electron chi connectivity index (χ2n) is 4.61. The number of para-hydroxylation sites is 1. The largest absolute Gasteiger partial charge is 0.295 e. The van der Waals surface area contributed by atoms with Crippen molar-refractivity contribution in [3.8, 4) is 0 Å². The number of rotatable bonds is 3. The molecule has 21 heavy (non-hydrogen) atoms.